The number of aromatic nitrogens is 4. The van der Waals surface area contributed by atoms with Gasteiger partial charge in [0, 0.05) is 24.1 Å². The Balaban J connectivity index is 1.60. The Hall–Kier alpha value is -3.68. The summed E-state index contributed by atoms with van der Waals surface area (Å²) >= 11 is 0. The molecule has 0 bridgehead atoms. The largest absolute Gasteiger partial charge is 0.417 e. The molecule has 0 saturated heterocycles. The van der Waals surface area contributed by atoms with Gasteiger partial charge in [0.2, 0.25) is 5.91 Å². The summed E-state index contributed by atoms with van der Waals surface area (Å²) in [5.41, 5.74) is 4.56. The van der Waals surface area contributed by atoms with Crippen LogP contribution in [0.4, 0.5) is 5.69 Å². The van der Waals surface area contributed by atoms with E-state index in [2.05, 4.69) is 20.4 Å². The van der Waals surface area contributed by atoms with Crippen molar-refractivity contribution < 1.29 is 9.21 Å². The molecule has 0 radical (unpaired) electrons. The van der Waals surface area contributed by atoms with Gasteiger partial charge in [0.25, 0.3) is 0 Å². The quantitative estimate of drug-likeness (QED) is 0.578. The molecule has 0 fully saturated rings. The number of amides is 1. The van der Waals surface area contributed by atoms with Crippen molar-refractivity contribution >= 4 is 22.7 Å². The number of rotatable bonds is 2. The normalized spacial score (nSPS) is 16.5. The molecule has 8 heteroatoms. The van der Waals surface area contributed by atoms with Crippen LogP contribution in [-0.2, 0) is 4.79 Å². The zero-order valence-corrected chi connectivity index (χ0v) is 13.5. The number of anilines is 1. The molecule has 1 aliphatic rings. The molecule has 5 rings (SSSR count). The number of nitrogens with zero attached hydrogens (tertiary/aromatic N) is 3. The van der Waals surface area contributed by atoms with Crippen molar-refractivity contribution in [3.05, 3.63) is 70.7 Å². The van der Waals surface area contributed by atoms with Gasteiger partial charge in [-0.05, 0) is 29.3 Å². The highest BCUT2D eigenvalue weighted by atomic mass is 16.4. The van der Waals surface area contributed by atoms with Gasteiger partial charge in [-0.1, -0.05) is 12.1 Å². The Morgan fingerprint density at radius 1 is 1.15 bits per heavy atom. The molecule has 1 amide bonds. The zero-order chi connectivity index (χ0) is 17.7. The third-order valence-corrected chi connectivity index (χ3v) is 4.61. The average molecular weight is 347 g/mol. The van der Waals surface area contributed by atoms with E-state index in [4.69, 9.17) is 4.42 Å². The maximum absolute atomic E-state index is 12.2. The van der Waals surface area contributed by atoms with Crippen LogP contribution in [0.2, 0.25) is 0 Å². The Morgan fingerprint density at radius 2 is 2.00 bits per heavy atom. The molecule has 4 aromatic rings. The minimum absolute atomic E-state index is 0.0694. The Labute approximate surface area is 146 Å². The van der Waals surface area contributed by atoms with Crippen molar-refractivity contribution in [3.63, 3.8) is 0 Å². The van der Waals surface area contributed by atoms with Crippen LogP contribution < -0.4 is 11.1 Å². The number of carbonyl (C=O) groups is 1. The fraction of sp³-hybridized carbons (Fsp3) is 0.111. The molecule has 26 heavy (non-hydrogen) atoms. The lowest BCUT2D eigenvalue weighted by Gasteiger charge is -2.26. The number of fused-ring (bicyclic) bond motifs is 2. The van der Waals surface area contributed by atoms with Gasteiger partial charge < -0.3 is 9.73 Å². The van der Waals surface area contributed by atoms with Gasteiger partial charge in [-0.2, -0.15) is 5.10 Å². The molecule has 1 atom stereocenters. The monoisotopic (exact) mass is 347 g/mol. The molecular weight excluding hydrogens is 334 g/mol. The fourth-order valence-electron chi connectivity index (χ4n) is 3.41. The van der Waals surface area contributed by atoms with Crippen LogP contribution in [0.25, 0.3) is 16.8 Å². The van der Waals surface area contributed by atoms with Crippen LogP contribution in [-0.4, -0.2) is 25.7 Å². The lowest BCUT2D eigenvalue weighted by molar-refractivity contribution is -0.116. The second kappa shape index (κ2) is 5.41. The van der Waals surface area contributed by atoms with E-state index in [9.17, 15) is 9.59 Å². The molecule has 128 valence electrons. The molecule has 2 aromatic heterocycles. The van der Waals surface area contributed by atoms with E-state index in [-0.39, 0.29) is 11.8 Å². The Kier molecular flexibility index (Phi) is 3.05. The Morgan fingerprint density at radius 3 is 2.77 bits per heavy atom. The van der Waals surface area contributed by atoms with Crippen molar-refractivity contribution in [2.45, 2.75) is 12.3 Å². The van der Waals surface area contributed by atoms with Gasteiger partial charge in [-0.3, -0.25) is 9.78 Å². The van der Waals surface area contributed by atoms with Crippen LogP contribution in [0, 0.1) is 0 Å². The number of aromatic amines is 1. The summed E-state index contributed by atoms with van der Waals surface area (Å²) in [5, 5.41) is 6.97. The van der Waals surface area contributed by atoms with Crippen LogP contribution >= 0.6 is 0 Å². The Bertz CT molecular complexity index is 1170. The predicted octanol–water partition coefficient (Wildman–Crippen LogP) is 2.18. The molecule has 2 N–H and O–H groups in total. The van der Waals surface area contributed by atoms with E-state index in [0.717, 1.165) is 16.8 Å². The second-order valence-electron chi connectivity index (χ2n) is 6.19. The predicted molar refractivity (Wildman–Crippen MR) is 93.3 cm³/mol. The molecule has 8 nitrogen and oxygen atoms in total. The van der Waals surface area contributed by atoms with Crippen LogP contribution in [0.3, 0.4) is 0 Å². The minimum atomic E-state index is -0.512. The molecular formula is C18H13N5O3. The zero-order valence-electron chi connectivity index (χ0n) is 13.5. The van der Waals surface area contributed by atoms with Crippen molar-refractivity contribution in [2.75, 3.05) is 5.32 Å². The summed E-state index contributed by atoms with van der Waals surface area (Å²) in [7, 11) is 0. The highest BCUT2D eigenvalue weighted by Gasteiger charge is 2.27. The van der Waals surface area contributed by atoms with Gasteiger partial charge in [0.05, 0.1) is 11.2 Å². The number of hydrogen-bond acceptors (Lipinski definition) is 5. The first-order valence-corrected chi connectivity index (χ1v) is 8.09. The second-order valence-corrected chi connectivity index (χ2v) is 6.19. The summed E-state index contributed by atoms with van der Waals surface area (Å²) in [5.74, 6) is -0.686. The summed E-state index contributed by atoms with van der Waals surface area (Å²) in [6, 6.07) is 11.4. The number of carbonyl (C=O) groups excluding carboxylic acids is 1. The van der Waals surface area contributed by atoms with Gasteiger partial charge in [0.15, 0.2) is 5.58 Å². The van der Waals surface area contributed by atoms with Crippen molar-refractivity contribution in [2.24, 2.45) is 0 Å². The average Bonchev–Trinajstić information content (AvgIpc) is 3.28. The van der Waals surface area contributed by atoms with Gasteiger partial charge in [-0.15, -0.1) is 0 Å². The van der Waals surface area contributed by atoms with E-state index < -0.39 is 5.76 Å². The van der Waals surface area contributed by atoms with Crippen LogP contribution in [0.15, 0.2) is 58.3 Å². The van der Waals surface area contributed by atoms with Crippen LogP contribution in [0.1, 0.15) is 23.5 Å². The molecule has 3 heterocycles. The summed E-state index contributed by atoms with van der Waals surface area (Å²) in [4.78, 5) is 30.2. The number of hydrogen-bond donors (Lipinski definition) is 2. The summed E-state index contributed by atoms with van der Waals surface area (Å²) in [6.07, 6.45) is 3.44. The van der Waals surface area contributed by atoms with Gasteiger partial charge in [0.1, 0.15) is 12.7 Å². The molecule has 1 aliphatic heterocycles. The fourth-order valence-corrected chi connectivity index (χ4v) is 3.41. The first-order valence-electron chi connectivity index (χ1n) is 8.09. The SMILES string of the molecule is O=C1C[C@@H](c2ccc(-n3cncn3)cc2)c2cc3[nH]c(=O)oc3cc2N1. The molecule has 0 aliphatic carbocycles. The highest BCUT2D eigenvalue weighted by molar-refractivity contribution is 5.97. The standard InChI is InChI=1S/C18H13N5O3/c24-17-6-12(10-1-3-11(4-2-10)23-9-19-8-20-23)13-5-15-16(7-14(13)21-17)26-18(25)22-15/h1-5,7-9,12H,6H2,(H,21,24)(H,22,25)/t12-/m0/s1. The van der Waals surface area contributed by atoms with Crippen molar-refractivity contribution in [1.29, 1.82) is 0 Å². The third kappa shape index (κ3) is 2.31. The maximum Gasteiger partial charge on any atom is 0.417 e. The number of benzene rings is 2. The summed E-state index contributed by atoms with van der Waals surface area (Å²) in [6.45, 7) is 0. The molecule has 0 unspecified atom stereocenters. The topological polar surface area (TPSA) is 106 Å². The number of H-pyrrole nitrogens is 1. The lowest BCUT2D eigenvalue weighted by Crippen LogP contribution is -2.23. The van der Waals surface area contributed by atoms with Gasteiger partial charge in [-0.25, -0.2) is 14.5 Å². The maximum atomic E-state index is 12.2. The minimum Gasteiger partial charge on any atom is -0.408 e. The van der Waals surface area contributed by atoms with Gasteiger partial charge >= 0.3 is 5.76 Å². The van der Waals surface area contributed by atoms with E-state index in [1.165, 1.54) is 6.33 Å². The van der Waals surface area contributed by atoms with E-state index in [0.29, 0.717) is 23.2 Å². The lowest BCUT2D eigenvalue weighted by atomic mass is 9.84. The first-order chi connectivity index (χ1) is 12.7. The molecule has 0 spiro atoms. The highest BCUT2D eigenvalue weighted by Crippen LogP contribution is 2.39. The van der Waals surface area contributed by atoms with E-state index in [1.807, 2.05) is 30.3 Å². The first kappa shape index (κ1) is 14.6. The molecule has 0 saturated carbocycles. The summed E-state index contributed by atoms with van der Waals surface area (Å²) < 4.78 is 6.76. The third-order valence-electron chi connectivity index (χ3n) is 4.61. The number of oxazole rings is 1. The van der Waals surface area contributed by atoms with Crippen molar-refractivity contribution in [1.82, 2.24) is 19.7 Å². The van der Waals surface area contributed by atoms with Crippen LogP contribution in [0.5, 0.6) is 0 Å². The van der Waals surface area contributed by atoms with E-state index in [1.54, 1.807) is 17.1 Å². The number of nitrogens with one attached hydrogen (secondary N) is 2. The smallest absolute Gasteiger partial charge is 0.408 e. The molecule has 2 aromatic carbocycles. The van der Waals surface area contributed by atoms with Crippen molar-refractivity contribution in [3.8, 4) is 5.69 Å². The van der Waals surface area contributed by atoms with E-state index >= 15 is 0 Å².